The molecule has 0 aromatic carbocycles. The van der Waals surface area contributed by atoms with Gasteiger partial charge < -0.3 is 15.0 Å². The van der Waals surface area contributed by atoms with Crippen molar-refractivity contribution in [1.29, 1.82) is 0 Å². The number of amides is 1. The van der Waals surface area contributed by atoms with Gasteiger partial charge in [-0.05, 0) is 26.8 Å². The van der Waals surface area contributed by atoms with Crippen molar-refractivity contribution < 1.29 is 9.53 Å². The molecule has 1 atom stereocenters. The van der Waals surface area contributed by atoms with E-state index in [1.807, 2.05) is 18.7 Å². The predicted octanol–water partition coefficient (Wildman–Crippen LogP) is -0.0143. The molecule has 4 heteroatoms. The Labute approximate surface area is 84.6 Å². The van der Waals surface area contributed by atoms with Crippen LogP contribution in [0.3, 0.4) is 0 Å². The van der Waals surface area contributed by atoms with E-state index in [1.165, 1.54) is 0 Å². The minimum atomic E-state index is -0.184. The Hall–Kier alpha value is -0.610. The quantitative estimate of drug-likeness (QED) is 0.644. The van der Waals surface area contributed by atoms with E-state index in [0.717, 1.165) is 26.1 Å². The van der Waals surface area contributed by atoms with Crippen LogP contribution in [0, 0.1) is 0 Å². The lowest BCUT2D eigenvalue weighted by Gasteiger charge is -2.40. The first-order valence-corrected chi connectivity index (χ1v) is 5.23. The summed E-state index contributed by atoms with van der Waals surface area (Å²) in [5.74, 6) is 0.137. The topological polar surface area (TPSA) is 41.6 Å². The molecule has 0 radical (unpaired) electrons. The SMILES string of the molecule is CC1(C)CN([C@@H]2CCNC2)C(=O)CO1. The van der Waals surface area contributed by atoms with E-state index < -0.39 is 0 Å². The Kier molecular flexibility index (Phi) is 2.49. The molecule has 0 unspecified atom stereocenters. The largest absolute Gasteiger partial charge is 0.364 e. The number of nitrogens with zero attached hydrogens (tertiary/aromatic N) is 1. The zero-order valence-electron chi connectivity index (χ0n) is 8.88. The van der Waals surface area contributed by atoms with Crippen molar-refractivity contribution in [2.24, 2.45) is 0 Å². The number of nitrogens with one attached hydrogen (secondary N) is 1. The molecule has 0 aliphatic carbocycles. The van der Waals surface area contributed by atoms with Gasteiger partial charge in [0.2, 0.25) is 5.91 Å². The first-order valence-electron chi connectivity index (χ1n) is 5.23. The van der Waals surface area contributed by atoms with Crippen molar-refractivity contribution in [2.75, 3.05) is 26.2 Å². The average Bonchev–Trinajstić information content (AvgIpc) is 2.62. The molecule has 14 heavy (non-hydrogen) atoms. The van der Waals surface area contributed by atoms with E-state index in [9.17, 15) is 4.79 Å². The molecule has 0 saturated carbocycles. The zero-order chi connectivity index (χ0) is 10.2. The average molecular weight is 198 g/mol. The molecule has 4 nitrogen and oxygen atoms in total. The predicted molar refractivity (Wildman–Crippen MR) is 53.0 cm³/mol. The number of ether oxygens (including phenoxy) is 1. The lowest BCUT2D eigenvalue weighted by Crippen LogP contribution is -2.55. The van der Waals surface area contributed by atoms with Crippen molar-refractivity contribution >= 4 is 5.91 Å². The molecule has 2 rings (SSSR count). The van der Waals surface area contributed by atoms with Crippen LogP contribution in [0.1, 0.15) is 20.3 Å². The summed E-state index contributed by atoms with van der Waals surface area (Å²) in [5.41, 5.74) is -0.184. The van der Waals surface area contributed by atoms with E-state index in [-0.39, 0.29) is 18.1 Å². The molecule has 1 N–H and O–H groups in total. The summed E-state index contributed by atoms with van der Waals surface area (Å²) < 4.78 is 5.46. The van der Waals surface area contributed by atoms with E-state index >= 15 is 0 Å². The summed E-state index contributed by atoms with van der Waals surface area (Å²) >= 11 is 0. The third-order valence-corrected chi connectivity index (χ3v) is 2.93. The molecule has 0 spiro atoms. The molecule has 2 heterocycles. The van der Waals surface area contributed by atoms with E-state index in [1.54, 1.807) is 0 Å². The molecule has 2 saturated heterocycles. The molecule has 2 aliphatic rings. The Morgan fingerprint density at radius 2 is 2.36 bits per heavy atom. The fourth-order valence-corrected chi connectivity index (χ4v) is 2.12. The zero-order valence-corrected chi connectivity index (χ0v) is 8.88. The van der Waals surface area contributed by atoms with Crippen LogP contribution < -0.4 is 5.32 Å². The van der Waals surface area contributed by atoms with Crippen LogP contribution in [0.25, 0.3) is 0 Å². The van der Waals surface area contributed by atoms with E-state index in [0.29, 0.717) is 6.04 Å². The smallest absolute Gasteiger partial charge is 0.248 e. The maximum Gasteiger partial charge on any atom is 0.248 e. The highest BCUT2D eigenvalue weighted by molar-refractivity contribution is 5.78. The third-order valence-electron chi connectivity index (χ3n) is 2.93. The normalized spacial score (nSPS) is 32.3. The molecular weight excluding hydrogens is 180 g/mol. The van der Waals surface area contributed by atoms with Crippen molar-refractivity contribution in [3.05, 3.63) is 0 Å². The first-order chi connectivity index (χ1) is 6.58. The van der Waals surface area contributed by atoms with Crippen molar-refractivity contribution in [2.45, 2.75) is 31.9 Å². The number of hydrogen-bond acceptors (Lipinski definition) is 3. The summed E-state index contributed by atoms with van der Waals surface area (Å²) in [6, 6.07) is 0.380. The van der Waals surface area contributed by atoms with Crippen LogP contribution in [-0.4, -0.2) is 48.7 Å². The van der Waals surface area contributed by atoms with Crippen molar-refractivity contribution in [3.8, 4) is 0 Å². The number of morpholine rings is 1. The summed E-state index contributed by atoms with van der Waals surface area (Å²) in [4.78, 5) is 13.6. The molecule has 2 fully saturated rings. The van der Waals surface area contributed by atoms with Gasteiger partial charge in [0, 0.05) is 19.1 Å². The number of hydrogen-bond donors (Lipinski definition) is 1. The van der Waals surface area contributed by atoms with Gasteiger partial charge in [-0.3, -0.25) is 4.79 Å². The van der Waals surface area contributed by atoms with Gasteiger partial charge in [0.25, 0.3) is 0 Å². The molecule has 0 bridgehead atoms. The Morgan fingerprint density at radius 3 is 3.00 bits per heavy atom. The molecule has 0 aromatic heterocycles. The van der Waals surface area contributed by atoms with E-state index in [4.69, 9.17) is 4.74 Å². The summed E-state index contributed by atoms with van der Waals surface area (Å²) in [6.45, 7) is 6.99. The van der Waals surface area contributed by atoms with Crippen LogP contribution in [0.4, 0.5) is 0 Å². The Morgan fingerprint density at radius 1 is 1.57 bits per heavy atom. The van der Waals surface area contributed by atoms with E-state index in [2.05, 4.69) is 5.32 Å². The van der Waals surface area contributed by atoms with Gasteiger partial charge in [-0.25, -0.2) is 0 Å². The maximum atomic E-state index is 11.6. The van der Waals surface area contributed by atoms with Crippen molar-refractivity contribution in [1.82, 2.24) is 10.2 Å². The number of rotatable bonds is 1. The van der Waals surface area contributed by atoms with Gasteiger partial charge in [-0.1, -0.05) is 0 Å². The molecule has 0 aromatic rings. The number of carbonyl (C=O) groups excluding carboxylic acids is 1. The molecular formula is C10H18N2O2. The second-order valence-corrected chi connectivity index (χ2v) is 4.72. The first kappa shape index (κ1) is 9.93. The van der Waals surface area contributed by atoms with Gasteiger partial charge in [0.05, 0.1) is 5.60 Å². The standard InChI is InChI=1S/C10H18N2O2/c1-10(2)7-12(9(13)6-14-10)8-3-4-11-5-8/h8,11H,3-7H2,1-2H3/t8-/m1/s1. The van der Waals surface area contributed by atoms with Crippen molar-refractivity contribution in [3.63, 3.8) is 0 Å². The van der Waals surface area contributed by atoms with Gasteiger partial charge in [-0.2, -0.15) is 0 Å². The van der Waals surface area contributed by atoms with Gasteiger partial charge in [0.15, 0.2) is 0 Å². The lowest BCUT2D eigenvalue weighted by atomic mass is 10.0. The monoisotopic (exact) mass is 198 g/mol. The minimum absolute atomic E-state index is 0.137. The number of carbonyl (C=O) groups is 1. The summed E-state index contributed by atoms with van der Waals surface area (Å²) in [6.07, 6.45) is 1.07. The summed E-state index contributed by atoms with van der Waals surface area (Å²) in [5, 5.41) is 3.28. The Balaban J connectivity index is 2.04. The summed E-state index contributed by atoms with van der Waals surface area (Å²) in [7, 11) is 0. The fraction of sp³-hybridized carbons (Fsp3) is 0.900. The highest BCUT2D eigenvalue weighted by Crippen LogP contribution is 2.21. The third kappa shape index (κ3) is 1.91. The van der Waals surface area contributed by atoms with Crippen LogP contribution >= 0.6 is 0 Å². The van der Waals surface area contributed by atoms with Gasteiger partial charge >= 0.3 is 0 Å². The highest BCUT2D eigenvalue weighted by Gasteiger charge is 2.36. The second-order valence-electron chi connectivity index (χ2n) is 4.72. The highest BCUT2D eigenvalue weighted by atomic mass is 16.5. The van der Waals surface area contributed by atoms with Crippen LogP contribution in [-0.2, 0) is 9.53 Å². The van der Waals surface area contributed by atoms with Gasteiger partial charge in [0.1, 0.15) is 6.61 Å². The lowest BCUT2D eigenvalue weighted by molar-refractivity contribution is -0.161. The second kappa shape index (κ2) is 3.51. The van der Waals surface area contributed by atoms with Crippen LogP contribution in [0.2, 0.25) is 0 Å². The molecule has 80 valence electrons. The molecule has 2 aliphatic heterocycles. The maximum absolute atomic E-state index is 11.6. The van der Waals surface area contributed by atoms with Crippen LogP contribution in [0.15, 0.2) is 0 Å². The minimum Gasteiger partial charge on any atom is -0.364 e. The Bertz CT molecular complexity index is 234. The van der Waals surface area contributed by atoms with Crippen LogP contribution in [0.5, 0.6) is 0 Å². The fourth-order valence-electron chi connectivity index (χ4n) is 2.12. The molecule has 1 amide bonds. The van der Waals surface area contributed by atoms with Gasteiger partial charge in [-0.15, -0.1) is 0 Å².